The Morgan fingerprint density at radius 2 is 1.59 bits per heavy atom. The number of aromatic nitrogens is 2. The van der Waals surface area contributed by atoms with Crippen molar-refractivity contribution in [3.63, 3.8) is 0 Å². The molecule has 2 aromatic carbocycles. The molecule has 7 nitrogen and oxygen atoms in total. The van der Waals surface area contributed by atoms with Crippen molar-refractivity contribution < 1.29 is 9.59 Å². The van der Waals surface area contributed by atoms with Crippen LogP contribution in [-0.4, -0.2) is 33.0 Å². The Morgan fingerprint density at radius 1 is 0.969 bits per heavy atom. The fourth-order valence-electron chi connectivity index (χ4n) is 4.00. The Hall–Kier alpha value is -3.35. The van der Waals surface area contributed by atoms with Crippen LogP contribution in [-0.2, 0) is 29.1 Å². The van der Waals surface area contributed by atoms with Crippen LogP contribution in [0.15, 0.2) is 59.4 Å². The molecule has 1 aliphatic carbocycles. The summed E-state index contributed by atoms with van der Waals surface area (Å²) in [6.07, 6.45) is 3.39. The zero-order valence-electron chi connectivity index (χ0n) is 18.4. The number of carbonyl (C=O) groups excluding carboxylic acids is 2. The molecule has 0 saturated heterocycles. The molecule has 7 heteroatoms. The van der Waals surface area contributed by atoms with Gasteiger partial charge in [0.25, 0.3) is 0 Å². The molecule has 1 heterocycles. The number of aryl methyl sites for hydroxylation is 2. The normalized spacial score (nSPS) is 14.3. The van der Waals surface area contributed by atoms with Gasteiger partial charge in [0.15, 0.2) is 0 Å². The van der Waals surface area contributed by atoms with Gasteiger partial charge in [-0.05, 0) is 37.0 Å². The molecular weight excluding hydrogens is 404 g/mol. The van der Waals surface area contributed by atoms with Crippen LogP contribution in [0.2, 0.25) is 0 Å². The number of imidazole rings is 1. The van der Waals surface area contributed by atoms with E-state index in [0.717, 1.165) is 35.9 Å². The lowest BCUT2D eigenvalue weighted by Gasteiger charge is -2.19. The number of nitrogens with one attached hydrogen (secondary N) is 2. The van der Waals surface area contributed by atoms with E-state index in [9.17, 15) is 14.4 Å². The highest BCUT2D eigenvalue weighted by atomic mass is 16.2. The lowest BCUT2D eigenvalue weighted by molar-refractivity contribution is -0.129. The van der Waals surface area contributed by atoms with Crippen LogP contribution < -0.4 is 16.3 Å². The number of rotatable bonds is 10. The van der Waals surface area contributed by atoms with Gasteiger partial charge in [0.2, 0.25) is 11.8 Å². The molecule has 0 aliphatic heterocycles. The van der Waals surface area contributed by atoms with Crippen molar-refractivity contribution in [1.29, 1.82) is 0 Å². The molecule has 3 aromatic rings. The van der Waals surface area contributed by atoms with Crippen molar-refractivity contribution in [2.24, 2.45) is 0 Å². The molecule has 2 amide bonds. The van der Waals surface area contributed by atoms with Gasteiger partial charge in [-0.3, -0.25) is 18.7 Å². The van der Waals surface area contributed by atoms with Gasteiger partial charge < -0.3 is 10.6 Å². The van der Waals surface area contributed by atoms with Crippen molar-refractivity contribution in [3.8, 4) is 0 Å². The van der Waals surface area contributed by atoms with Gasteiger partial charge in [-0.1, -0.05) is 49.4 Å². The monoisotopic (exact) mass is 434 g/mol. The maximum Gasteiger partial charge on any atom is 0.329 e. The summed E-state index contributed by atoms with van der Waals surface area (Å²) in [6, 6.07) is 16.9. The molecule has 0 bridgehead atoms. The summed E-state index contributed by atoms with van der Waals surface area (Å²) in [4.78, 5) is 38.4. The lowest BCUT2D eigenvalue weighted by atomic mass is 10.0. The number of carbonyl (C=O) groups is 2. The Morgan fingerprint density at radius 3 is 2.22 bits per heavy atom. The Kier molecular flexibility index (Phi) is 6.73. The molecule has 1 atom stereocenters. The largest absolute Gasteiger partial charge is 0.352 e. The summed E-state index contributed by atoms with van der Waals surface area (Å²) < 4.78 is 3.41. The number of benzene rings is 2. The summed E-state index contributed by atoms with van der Waals surface area (Å²) in [6.45, 7) is 2.94. The Bertz CT molecular complexity index is 1140. The minimum atomic E-state index is -0.636. The second kappa shape index (κ2) is 9.85. The van der Waals surface area contributed by atoms with Crippen molar-refractivity contribution in [3.05, 3.63) is 70.6 Å². The Labute approximate surface area is 187 Å². The smallest absolute Gasteiger partial charge is 0.329 e. The molecule has 2 N–H and O–H groups in total. The average molecular weight is 435 g/mol. The van der Waals surface area contributed by atoms with Gasteiger partial charge in [-0.15, -0.1) is 0 Å². The summed E-state index contributed by atoms with van der Waals surface area (Å²) in [5, 5.41) is 5.89. The number of fused-ring (bicyclic) bond motifs is 1. The predicted molar refractivity (Wildman–Crippen MR) is 124 cm³/mol. The molecule has 168 valence electrons. The van der Waals surface area contributed by atoms with Crippen LogP contribution in [0.5, 0.6) is 0 Å². The third-order valence-corrected chi connectivity index (χ3v) is 5.79. The van der Waals surface area contributed by atoms with Gasteiger partial charge >= 0.3 is 5.69 Å². The topological polar surface area (TPSA) is 85.1 Å². The third kappa shape index (κ3) is 5.10. The van der Waals surface area contributed by atoms with E-state index in [1.807, 2.05) is 61.5 Å². The first-order valence-electron chi connectivity index (χ1n) is 11.4. The molecule has 1 unspecified atom stereocenters. The number of amides is 2. The summed E-state index contributed by atoms with van der Waals surface area (Å²) >= 11 is 0. The summed E-state index contributed by atoms with van der Waals surface area (Å²) in [5.41, 5.74) is 2.59. The summed E-state index contributed by atoms with van der Waals surface area (Å²) in [5.74, 6) is -0.391. The second-order valence-electron chi connectivity index (χ2n) is 8.42. The zero-order chi connectivity index (χ0) is 22.5. The van der Waals surface area contributed by atoms with E-state index in [-0.39, 0.29) is 36.5 Å². The van der Waals surface area contributed by atoms with Gasteiger partial charge in [0.05, 0.1) is 11.0 Å². The van der Waals surface area contributed by atoms with E-state index in [1.54, 1.807) is 9.13 Å². The maximum absolute atomic E-state index is 12.9. The standard InChI is InChI=1S/C25H30N4O3/c1-2-15-28-21-10-6-7-11-22(21)29(25(28)32)16-14-23(30)27-20(24(31)26-19-12-13-19)17-18-8-4-3-5-9-18/h3-11,19-20H,2,12-17H2,1H3,(H,26,31)(H,27,30). The molecule has 1 aliphatic rings. The number of nitrogens with zero attached hydrogens (tertiary/aromatic N) is 2. The third-order valence-electron chi connectivity index (χ3n) is 5.79. The van der Waals surface area contributed by atoms with E-state index < -0.39 is 6.04 Å². The summed E-state index contributed by atoms with van der Waals surface area (Å²) in [7, 11) is 0. The highest BCUT2D eigenvalue weighted by Crippen LogP contribution is 2.19. The molecule has 1 saturated carbocycles. The van der Waals surface area contributed by atoms with Crippen LogP contribution in [0.25, 0.3) is 11.0 Å². The first kappa shape index (κ1) is 21.9. The molecular formula is C25H30N4O3. The fraction of sp³-hybridized carbons (Fsp3) is 0.400. The van der Waals surface area contributed by atoms with Crippen molar-refractivity contribution >= 4 is 22.8 Å². The number of hydrogen-bond donors (Lipinski definition) is 2. The van der Waals surface area contributed by atoms with Crippen LogP contribution in [0, 0.1) is 0 Å². The molecule has 0 spiro atoms. The van der Waals surface area contributed by atoms with Crippen LogP contribution >= 0.6 is 0 Å². The first-order chi connectivity index (χ1) is 15.6. The van der Waals surface area contributed by atoms with E-state index >= 15 is 0 Å². The van der Waals surface area contributed by atoms with Crippen molar-refractivity contribution in [1.82, 2.24) is 19.8 Å². The Balaban J connectivity index is 1.46. The number of para-hydroxylation sites is 2. The number of hydrogen-bond acceptors (Lipinski definition) is 3. The zero-order valence-corrected chi connectivity index (χ0v) is 18.4. The molecule has 1 aromatic heterocycles. The van der Waals surface area contributed by atoms with Gasteiger partial charge in [-0.25, -0.2) is 4.79 Å². The molecule has 4 rings (SSSR count). The van der Waals surface area contributed by atoms with Crippen LogP contribution in [0.1, 0.15) is 38.2 Å². The van der Waals surface area contributed by atoms with Gasteiger partial charge in [0.1, 0.15) is 6.04 Å². The average Bonchev–Trinajstić information content (AvgIpc) is 3.57. The maximum atomic E-state index is 12.9. The van der Waals surface area contributed by atoms with E-state index in [2.05, 4.69) is 10.6 Å². The van der Waals surface area contributed by atoms with Crippen LogP contribution in [0.3, 0.4) is 0 Å². The van der Waals surface area contributed by atoms with Gasteiger partial charge in [0, 0.05) is 32.0 Å². The molecule has 32 heavy (non-hydrogen) atoms. The van der Waals surface area contributed by atoms with Crippen LogP contribution in [0.4, 0.5) is 0 Å². The van der Waals surface area contributed by atoms with E-state index in [4.69, 9.17) is 0 Å². The second-order valence-corrected chi connectivity index (χ2v) is 8.42. The first-order valence-corrected chi connectivity index (χ1v) is 11.4. The predicted octanol–water partition coefficient (Wildman–Crippen LogP) is 2.61. The highest BCUT2D eigenvalue weighted by molar-refractivity contribution is 5.88. The van der Waals surface area contributed by atoms with E-state index in [0.29, 0.717) is 13.0 Å². The van der Waals surface area contributed by atoms with Gasteiger partial charge in [-0.2, -0.15) is 0 Å². The molecule has 1 fully saturated rings. The lowest BCUT2D eigenvalue weighted by Crippen LogP contribution is -2.48. The quantitative estimate of drug-likeness (QED) is 0.514. The SMILES string of the molecule is CCCn1c(=O)n(CCC(=O)NC(Cc2ccccc2)C(=O)NC2CC2)c2ccccc21. The minimum Gasteiger partial charge on any atom is -0.352 e. The van der Waals surface area contributed by atoms with Crippen molar-refractivity contribution in [2.75, 3.05) is 0 Å². The molecule has 0 radical (unpaired) electrons. The van der Waals surface area contributed by atoms with E-state index in [1.165, 1.54) is 0 Å². The fourth-order valence-corrected chi connectivity index (χ4v) is 4.00. The highest BCUT2D eigenvalue weighted by Gasteiger charge is 2.28. The minimum absolute atomic E-state index is 0.104. The van der Waals surface area contributed by atoms with Crippen molar-refractivity contribution in [2.45, 2.75) is 64.2 Å².